The standard InChI is InChI=1S/C20H19ClN2O2/c1-22-8-10-23(11-9-22)17-7-4-15-12-18(20(24)25-19(15)13-17)14-2-5-16(21)6-3-14/h2-7,12-13H,8-11H2,1H3. The molecule has 1 aliphatic heterocycles. The van der Waals surface area contributed by atoms with Crippen LogP contribution in [0.3, 0.4) is 0 Å². The SMILES string of the molecule is CN1CCN(c2ccc3cc(-c4ccc(Cl)cc4)c(=O)oc3c2)CC1. The number of benzene rings is 2. The second-order valence-corrected chi connectivity index (χ2v) is 6.90. The second-order valence-electron chi connectivity index (χ2n) is 6.47. The van der Waals surface area contributed by atoms with Gasteiger partial charge in [0, 0.05) is 48.3 Å². The topological polar surface area (TPSA) is 36.7 Å². The van der Waals surface area contributed by atoms with E-state index in [1.54, 1.807) is 12.1 Å². The van der Waals surface area contributed by atoms with Gasteiger partial charge in [0.05, 0.1) is 5.56 Å². The maximum Gasteiger partial charge on any atom is 0.344 e. The molecule has 0 spiro atoms. The van der Waals surface area contributed by atoms with Gasteiger partial charge in [0.25, 0.3) is 0 Å². The number of piperazine rings is 1. The first kappa shape index (κ1) is 16.2. The third-order valence-electron chi connectivity index (χ3n) is 4.74. The van der Waals surface area contributed by atoms with Gasteiger partial charge in [-0.3, -0.25) is 0 Å². The van der Waals surface area contributed by atoms with Crippen molar-refractivity contribution in [3.8, 4) is 11.1 Å². The van der Waals surface area contributed by atoms with Crippen molar-refractivity contribution >= 4 is 28.3 Å². The molecule has 25 heavy (non-hydrogen) atoms. The molecule has 1 aromatic heterocycles. The summed E-state index contributed by atoms with van der Waals surface area (Å²) in [5, 5.41) is 1.56. The van der Waals surface area contributed by atoms with E-state index < -0.39 is 0 Å². The Balaban J connectivity index is 1.71. The van der Waals surface area contributed by atoms with Gasteiger partial charge in [-0.1, -0.05) is 23.7 Å². The molecular weight excluding hydrogens is 336 g/mol. The highest BCUT2D eigenvalue weighted by molar-refractivity contribution is 6.30. The number of likely N-dealkylation sites (N-methyl/N-ethyl adjacent to an activating group) is 1. The van der Waals surface area contributed by atoms with Crippen LogP contribution in [0.5, 0.6) is 0 Å². The minimum atomic E-state index is -0.328. The van der Waals surface area contributed by atoms with E-state index in [0.29, 0.717) is 16.2 Å². The van der Waals surface area contributed by atoms with Gasteiger partial charge in [-0.05, 0) is 42.9 Å². The Morgan fingerprint density at radius 2 is 1.68 bits per heavy atom. The molecule has 128 valence electrons. The lowest BCUT2D eigenvalue weighted by Crippen LogP contribution is -2.44. The molecule has 1 fully saturated rings. The molecule has 5 heteroatoms. The number of fused-ring (bicyclic) bond motifs is 1. The Labute approximate surface area is 151 Å². The van der Waals surface area contributed by atoms with Crippen molar-refractivity contribution in [1.82, 2.24) is 4.90 Å². The summed E-state index contributed by atoms with van der Waals surface area (Å²) in [4.78, 5) is 17.1. The molecule has 3 aromatic rings. The molecule has 0 amide bonds. The van der Waals surface area contributed by atoms with E-state index in [9.17, 15) is 4.79 Å². The van der Waals surface area contributed by atoms with Gasteiger partial charge in [-0.15, -0.1) is 0 Å². The number of hydrogen-bond donors (Lipinski definition) is 0. The highest BCUT2D eigenvalue weighted by Gasteiger charge is 2.15. The average molecular weight is 355 g/mol. The quantitative estimate of drug-likeness (QED) is 0.655. The van der Waals surface area contributed by atoms with Crippen LogP contribution >= 0.6 is 11.6 Å². The van der Waals surface area contributed by atoms with Crippen molar-refractivity contribution < 1.29 is 4.42 Å². The molecule has 0 atom stereocenters. The minimum absolute atomic E-state index is 0.328. The lowest BCUT2D eigenvalue weighted by atomic mass is 10.1. The summed E-state index contributed by atoms with van der Waals surface area (Å²) in [7, 11) is 2.13. The van der Waals surface area contributed by atoms with Crippen molar-refractivity contribution in [2.24, 2.45) is 0 Å². The van der Waals surface area contributed by atoms with Gasteiger partial charge < -0.3 is 14.2 Å². The zero-order valence-corrected chi connectivity index (χ0v) is 14.8. The van der Waals surface area contributed by atoms with E-state index in [4.69, 9.17) is 16.0 Å². The van der Waals surface area contributed by atoms with Crippen LogP contribution in [0.15, 0.2) is 57.7 Å². The van der Waals surface area contributed by atoms with Crippen LogP contribution < -0.4 is 10.5 Å². The molecular formula is C20H19ClN2O2. The molecule has 0 aliphatic carbocycles. The summed E-state index contributed by atoms with van der Waals surface area (Å²) in [5.74, 6) is 0. The smallest absolute Gasteiger partial charge is 0.344 e. The van der Waals surface area contributed by atoms with Crippen LogP contribution in [0.2, 0.25) is 5.02 Å². The van der Waals surface area contributed by atoms with Crippen molar-refractivity contribution in [2.75, 3.05) is 38.1 Å². The molecule has 0 saturated carbocycles. The van der Waals surface area contributed by atoms with E-state index in [2.05, 4.69) is 22.9 Å². The van der Waals surface area contributed by atoms with Crippen LogP contribution in [0.4, 0.5) is 5.69 Å². The molecule has 0 N–H and O–H groups in total. The van der Waals surface area contributed by atoms with Crippen molar-refractivity contribution in [2.45, 2.75) is 0 Å². The van der Waals surface area contributed by atoms with Crippen molar-refractivity contribution in [1.29, 1.82) is 0 Å². The highest BCUT2D eigenvalue weighted by Crippen LogP contribution is 2.26. The largest absolute Gasteiger partial charge is 0.422 e. The van der Waals surface area contributed by atoms with Gasteiger partial charge in [0.1, 0.15) is 5.58 Å². The zero-order valence-electron chi connectivity index (χ0n) is 14.0. The first-order valence-corrected chi connectivity index (χ1v) is 8.75. The molecule has 0 radical (unpaired) electrons. The van der Waals surface area contributed by atoms with E-state index in [1.807, 2.05) is 30.3 Å². The van der Waals surface area contributed by atoms with E-state index in [-0.39, 0.29) is 5.63 Å². The normalized spacial score (nSPS) is 15.7. The van der Waals surface area contributed by atoms with E-state index >= 15 is 0 Å². The summed E-state index contributed by atoms with van der Waals surface area (Å²) in [5.41, 5.74) is 2.76. The Hall–Kier alpha value is -2.30. The molecule has 1 saturated heterocycles. The summed E-state index contributed by atoms with van der Waals surface area (Å²) in [6, 6.07) is 15.2. The molecule has 4 nitrogen and oxygen atoms in total. The Morgan fingerprint density at radius 1 is 0.960 bits per heavy atom. The average Bonchev–Trinajstić information content (AvgIpc) is 2.62. The van der Waals surface area contributed by atoms with Gasteiger partial charge in [0.2, 0.25) is 0 Å². The Bertz CT molecular complexity index is 958. The van der Waals surface area contributed by atoms with Crippen molar-refractivity contribution in [3.05, 3.63) is 64.0 Å². The number of rotatable bonds is 2. The van der Waals surface area contributed by atoms with Crippen LogP contribution in [0.25, 0.3) is 22.1 Å². The van der Waals surface area contributed by atoms with E-state index in [0.717, 1.165) is 42.8 Å². The number of halogens is 1. The van der Waals surface area contributed by atoms with Gasteiger partial charge >= 0.3 is 5.63 Å². The van der Waals surface area contributed by atoms with Crippen LogP contribution in [0, 0.1) is 0 Å². The molecule has 2 aromatic carbocycles. The van der Waals surface area contributed by atoms with Crippen LogP contribution in [-0.2, 0) is 0 Å². The van der Waals surface area contributed by atoms with Crippen LogP contribution in [0.1, 0.15) is 0 Å². The molecule has 2 heterocycles. The maximum atomic E-state index is 12.4. The molecule has 0 bridgehead atoms. The Morgan fingerprint density at radius 3 is 2.40 bits per heavy atom. The lowest BCUT2D eigenvalue weighted by Gasteiger charge is -2.34. The third-order valence-corrected chi connectivity index (χ3v) is 5.00. The fourth-order valence-electron chi connectivity index (χ4n) is 3.19. The first-order chi connectivity index (χ1) is 12.1. The van der Waals surface area contributed by atoms with Crippen molar-refractivity contribution in [3.63, 3.8) is 0 Å². The summed E-state index contributed by atoms with van der Waals surface area (Å²) < 4.78 is 5.60. The highest BCUT2D eigenvalue weighted by atomic mass is 35.5. The van der Waals surface area contributed by atoms with Gasteiger partial charge in [-0.25, -0.2) is 4.79 Å². The number of anilines is 1. The predicted molar refractivity (Wildman–Crippen MR) is 103 cm³/mol. The molecule has 0 unspecified atom stereocenters. The fourth-order valence-corrected chi connectivity index (χ4v) is 3.32. The number of hydrogen-bond acceptors (Lipinski definition) is 4. The minimum Gasteiger partial charge on any atom is -0.422 e. The molecule has 1 aliphatic rings. The summed E-state index contributed by atoms with van der Waals surface area (Å²) >= 11 is 5.93. The molecule has 4 rings (SSSR count). The Kier molecular flexibility index (Phi) is 4.24. The lowest BCUT2D eigenvalue weighted by molar-refractivity contribution is 0.313. The number of nitrogens with zero attached hydrogens (tertiary/aromatic N) is 2. The first-order valence-electron chi connectivity index (χ1n) is 8.37. The monoisotopic (exact) mass is 354 g/mol. The van der Waals surface area contributed by atoms with Gasteiger partial charge in [0.15, 0.2) is 0 Å². The second kappa shape index (κ2) is 6.54. The summed E-state index contributed by atoms with van der Waals surface area (Å²) in [6.07, 6.45) is 0. The summed E-state index contributed by atoms with van der Waals surface area (Å²) in [6.45, 7) is 4.04. The maximum absolute atomic E-state index is 12.4. The zero-order chi connectivity index (χ0) is 17.4. The van der Waals surface area contributed by atoms with Crippen LogP contribution in [-0.4, -0.2) is 38.1 Å². The van der Waals surface area contributed by atoms with E-state index in [1.165, 1.54) is 0 Å². The van der Waals surface area contributed by atoms with Gasteiger partial charge in [-0.2, -0.15) is 0 Å². The predicted octanol–water partition coefficient (Wildman–Crippen LogP) is 3.87. The fraction of sp³-hybridized carbons (Fsp3) is 0.250. The third kappa shape index (κ3) is 3.28.